The Morgan fingerprint density at radius 1 is 1.24 bits per heavy atom. The van der Waals surface area contributed by atoms with Crippen molar-refractivity contribution in [2.45, 2.75) is 12.5 Å². The van der Waals surface area contributed by atoms with Gasteiger partial charge in [-0.05, 0) is 30.7 Å². The van der Waals surface area contributed by atoms with Gasteiger partial charge in [-0.2, -0.15) is 0 Å². The molecule has 0 saturated carbocycles. The summed E-state index contributed by atoms with van der Waals surface area (Å²) < 4.78 is 23.2. The Balaban J connectivity index is 1.68. The zero-order chi connectivity index (χ0) is 18.0. The number of carbonyl (C=O) groups excluding carboxylic acids is 1. The maximum absolute atomic E-state index is 12.2. The Bertz CT molecular complexity index is 887. The molecule has 0 spiro atoms. The first-order valence-electron chi connectivity index (χ1n) is 7.68. The molecule has 132 valence electrons. The second-order valence-electron chi connectivity index (χ2n) is 5.88. The first kappa shape index (κ1) is 17.6. The second kappa shape index (κ2) is 6.97. The number of hydrogen-bond acceptors (Lipinski definition) is 6. The van der Waals surface area contributed by atoms with E-state index in [-0.39, 0.29) is 23.5 Å². The van der Waals surface area contributed by atoms with E-state index in [1.807, 2.05) is 0 Å². The largest absolute Gasteiger partial charge is 0.354 e. The Morgan fingerprint density at radius 3 is 2.60 bits per heavy atom. The SMILES string of the molecule is CN(c1ccc(NC(=O)c2ccccc2Cl)nn1)C1CCS(=O)(=O)C1. The monoisotopic (exact) mass is 380 g/mol. The van der Waals surface area contributed by atoms with Crippen molar-refractivity contribution in [3.05, 3.63) is 47.0 Å². The number of aromatic nitrogens is 2. The van der Waals surface area contributed by atoms with E-state index in [1.165, 1.54) is 0 Å². The minimum atomic E-state index is -2.97. The molecule has 1 aromatic carbocycles. The minimum absolute atomic E-state index is 0.108. The van der Waals surface area contributed by atoms with Gasteiger partial charge in [-0.25, -0.2) is 8.42 Å². The van der Waals surface area contributed by atoms with Crippen LogP contribution in [0.4, 0.5) is 11.6 Å². The summed E-state index contributed by atoms with van der Waals surface area (Å²) in [5, 5.41) is 11.0. The fourth-order valence-electron chi connectivity index (χ4n) is 2.68. The standard InChI is InChI=1S/C16H17ClN4O3S/c1-21(11-8-9-25(23,24)10-11)15-7-6-14(19-20-15)18-16(22)12-4-2-3-5-13(12)17/h2-7,11H,8-10H2,1H3,(H,18,19,22). The van der Waals surface area contributed by atoms with Crippen molar-refractivity contribution in [1.82, 2.24) is 10.2 Å². The van der Waals surface area contributed by atoms with E-state index in [1.54, 1.807) is 48.3 Å². The fourth-order valence-corrected chi connectivity index (χ4v) is 4.67. The maximum atomic E-state index is 12.2. The van der Waals surface area contributed by atoms with Crippen LogP contribution in [0.5, 0.6) is 0 Å². The van der Waals surface area contributed by atoms with Gasteiger partial charge in [-0.15, -0.1) is 10.2 Å². The number of hydrogen-bond donors (Lipinski definition) is 1. The van der Waals surface area contributed by atoms with Crippen LogP contribution >= 0.6 is 11.6 Å². The van der Waals surface area contributed by atoms with Crippen molar-refractivity contribution < 1.29 is 13.2 Å². The van der Waals surface area contributed by atoms with Crippen LogP contribution < -0.4 is 10.2 Å². The minimum Gasteiger partial charge on any atom is -0.354 e. The predicted molar refractivity (Wildman–Crippen MR) is 96.9 cm³/mol. The summed E-state index contributed by atoms with van der Waals surface area (Å²) in [6, 6.07) is 9.93. The van der Waals surface area contributed by atoms with Gasteiger partial charge < -0.3 is 10.2 Å². The number of nitrogens with zero attached hydrogens (tertiary/aromatic N) is 3. The van der Waals surface area contributed by atoms with Crippen molar-refractivity contribution in [3.8, 4) is 0 Å². The quantitative estimate of drug-likeness (QED) is 0.872. The number of benzene rings is 1. The topological polar surface area (TPSA) is 92.3 Å². The molecule has 9 heteroatoms. The van der Waals surface area contributed by atoms with Crippen LogP contribution in [-0.4, -0.2) is 49.1 Å². The molecule has 1 fully saturated rings. The molecule has 1 aliphatic heterocycles. The summed E-state index contributed by atoms with van der Waals surface area (Å²) in [6.07, 6.45) is 0.575. The molecule has 1 aromatic heterocycles. The third kappa shape index (κ3) is 4.08. The third-order valence-corrected chi connectivity index (χ3v) is 6.21. The molecule has 2 aromatic rings. The van der Waals surface area contributed by atoms with E-state index in [0.717, 1.165) is 0 Å². The molecule has 7 nitrogen and oxygen atoms in total. The summed E-state index contributed by atoms with van der Waals surface area (Å²) >= 11 is 6.00. The van der Waals surface area contributed by atoms with Crippen molar-refractivity contribution in [2.24, 2.45) is 0 Å². The lowest BCUT2D eigenvalue weighted by molar-refractivity contribution is 0.102. The number of halogens is 1. The number of carbonyl (C=O) groups is 1. The molecule has 25 heavy (non-hydrogen) atoms. The molecule has 1 atom stereocenters. The normalized spacial score (nSPS) is 18.7. The smallest absolute Gasteiger partial charge is 0.258 e. The Hall–Kier alpha value is -2.19. The van der Waals surface area contributed by atoms with Crippen molar-refractivity contribution in [2.75, 3.05) is 28.8 Å². The second-order valence-corrected chi connectivity index (χ2v) is 8.51. The fraction of sp³-hybridized carbons (Fsp3) is 0.312. The first-order valence-corrected chi connectivity index (χ1v) is 9.88. The van der Waals surface area contributed by atoms with E-state index in [0.29, 0.717) is 28.6 Å². The Kier molecular flexibility index (Phi) is 4.91. The molecule has 0 aliphatic carbocycles. The molecule has 1 saturated heterocycles. The number of sulfone groups is 1. The highest BCUT2D eigenvalue weighted by Gasteiger charge is 2.31. The highest BCUT2D eigenvalue weighted by atomic mass is 35.5. The maximum Gasteiger partial charge on any atom is 0.258 e. The van der Waals surface area contributed by atoms with Gasteiger partial charge in [0, 0.05) is 13.1 Å². The Labute approximate surface area is 150 Å². The molecular weight excluding hydrogens is 364 g/mol. The molecule has 1 unspecified atom stereocenters. The van der Waals surface area contributed by atoms with Gasteiger partial charge >= 0.3 is 0 Å². The molecule has 1 aliphatic rings. The summed E-state index contributed by atoms with van der Waals surface area (Å²) in [5.41, 5.74) is 0.350. The summed E-state index contributed by atoms with van der Waals surface area (Å²) in [7, 11) is -1.18. The molecular formula is C16H17ClN4O3S. The zero-order valence-electron chi connectivity index (χ0n) is 13.5. The number of nitrogens with one attached hydrogen (secondary N) is 1. The summed E-state index contributed by atoms with van der Waals surface area (Å²) in [5.74, 6) is 0.791. The van der Waals surface area contributed by atoms with Gasteiger partial charge in [0.05, 0.1) is 22.1 Å². The van der Waals surface area contributed by atoms with E-state index < -0.39 is 9.84 Å². The van der Waals surface area contributed by atoms with Crippen molar-refractivity contribution in [3.63, 3.8) is 0 Å². The number of amides is 1. The molecule has 0 bridgehead atoms. The lowest BCUT2D eigenvalue weighted by Crippen LogP contribution is -2.33. The van der Waals surface area contributed by atoms with Gasteiger partial charge in [0.25, 0.3) is 5.91 Å². The van der Waals surface area contributed by atoms with E-state index >= 15 is 0 Å². The lowest BCUT2D eigenvalue weighted by atomic mass is 10.2. The van der Waals surface area contributed by atoms with Gasteiger partial charge in [-0.1, -0.05) is 23.7 Å². The van der Waals surface area contributed by atoms with Crippen LogP contribution in [0.25, 0.3) is 0 Å². The van der Waals surface area contributed by atoms with Crippen LogP contribution in [0.3, 0.4) is 0 Å². The summed E-state index contributed by atoms with van der Waals surface area (Å²) in [4.78, 5) is 14.0. The van der Waals surface area contributed by atoms with Crippen LogP contribution in [0, 0.1) is 0 Å². The van der Waals surface area contributed by atoms with E-state index in [4.69, 9.17) is 11.6 Å². The molecule has 2 heterocycles. The van der Waals surface area contributed by atoms with Crippen LogP contribution in [-0.2, 0) is 9.84 Å². The average Bonchev–Trinajstić information content (AvgIpc) is 2.95. The zero-order valence-corrected chi connectivity index (χ0v) is 15.1. The molecule has 0 radical (unpaired) electrons. The third-order valence-electron chi connectivity index (χ3n) is 4.13. The van der Waals surface area contributed by atoms with Gasteiger partial charge in [0.1, 0.15) is 0 Å². The predicted octanol–water partition coefficient (Wildman–Crippen LogP) is 2.01. The first-order chi connectivity index (χ1) is 11.9. The average molecular weight is 381 g/mol. The molecule has 1 amide bonds. The highest BCUT2D eigenvalue weighted by molar-refractivity contribution is 7.91. The highest BCUT2D eigenvalue weighted by Crippen LogP contribution is 2.22. The summed E-state index contributed by atoms with van der Waals surface area (Å²) in [6.45, 7) is 0. The molecule has 1 N–H and O–H groups in total. The van der Waals surface area contributed by atoms with Crippen molar-refractivity contribution >= 4 is 39.0 Å². The number of anilines is 2. The van der Waals surface area contributed by atoms with Gasteiger partial charge in [-0.3, -0.25) is 4.79 Å². The van der Waals surface area contributed by atoms with Crippen LogP contribution in [0.15, 0.2) is 36.4 Å². The number of rotatable bonds is 4. The van der Waals surface area contributed by atoms with Crippen LogP contribution in [0.2, 0.25) is 5.02 Å². The van der Waals surface area contributed by atoms with Gasteiger partial charge in [0.2, 0.25) is 0 Å². The Morgan fingerprint density at radius 2 is 2.00 bits per heavy atom. The molecule has 3 rings (SSSR count). The van der Waals surface area contributed by atoms with E-state index in [2.05, 4.69) is 15.5 Å². The lowest BCUT2D eigenvalue weighted by Gasteiger charge is -2.23. The van der Waals surface area contributed by atoms with Crippen LogP contribution in [0.1, 0.15) is 16.8 Å². The van der Waals surface area contributed by atoms with Gasteiger partial charge in [0.15, 0.2) is 21.5 Å². The van der Waals surface area contributed by atoms with Crippen molar-refractivity contribution in [1.29, 1.82) is 0 Å². The van der Waals surface area contributed by atoms with E-state index in [9.17, 15) is 13.2 Å².